The highest BCUT2D eigenvalue weighted by Gasteiger charge is 1.78. The van der Waals surface area contributed by atoms with Gasteiger partial charge in [-0.25, -0.2) is 0 Å². The Morgan fingerprint density at radius 2 is 2.12 bits per heavy atom. The van der Waals surface area contributed by atoms with Crippen LogP contribution in [0, 0.1) is 5.41 Å². The van der Waals surface area contributed by atoms with Crippen molar-refractivity contribution >= 4 is 18.2 Å². The Labute approximate surface area is 56.6 Å². The van der Waals surface area contributed by atoms with Crippen LogP contribution in [-0.4, -0.2) is 12.4 Å². The molecule has 0 saturated heterocycles. The van der Waals surface area contributed by atoms with E-state index in [0.717, 1.165) is 13.0 Å². The molecule has 0 rings (SSSR count). The summed E-state index contributed by atoms with van der Waals surface area (Å²) >= 11 is 0. The predicted octanol–water partition coefficient (Wildman–Crippen LogP) is 1.40. The summed E-state index contributed by atoms with van der Waals surface area (Å²) in [6.07, 6.45) is 1.09. The van der Waals surface area contributed by atoms with Crippen molar-refractivity contribution in [2.75, 3.05) is 6.54 Å². The largest absolute Gasteiger partial charge is 0.374 e. The number of hydrogen-bond donors (Lipinski definition) is 2. The van der Waals surface area contributed by atoms with Crippen LogP contribution in [0.25, 0.3) is 0 Å². The average molecular weight is 137 g/mol. The van der Waals surface area contributed by atoms with E-state index in [-0.39, 0.29) is 12.4 Å². The summed E-state index contributed by atoms with van der Waals surface area (Å²) in [6, 6.07) is 0. The lowest BCUT2D eigenvalue weighted by Crippen LogP contribution is -2.19. The Kier molecular flexibility index (Phi) is 9.03. The summed E-state index contributed by atoms with van der Waals surface area (Å²) in [6.45, 7) is 4.75. The van der Waals surface area contributed by atoms with Crippen LogP contribution in [-0.2, 0) is 0 Å². The first-order valence-electron chi connectivity index (χ1n) is 2.56. The molecule has 0 aromatic carbocycles. The Balaban J connectivity index is 0. The number of rotatable bonds is 2. The van der Waals surface area contributed by atoms with Crippen LogP contribution >= 0.6 is 12.4 Å². The minimum atomic E-state index is 0. The van der Waals surface area contributed by atoms with Gasteiger partial charge in [-0.1, -0.05) is 6.92 Å². The first kappa shape index (κ1) is 10.7. The van der Waals surface area contributed by atoms with Crippen molar-refractivity contribution in [2.24, 2.45) is 0 Å². The third-order valence-corrected chi connectivity index (χ3v) is 0.640. The van der Waals surface area contributed by atoms with Gasteiger partial charge in [0.1, 0.15) is 0 Å². The first-order valence-corrected chi connectivity index (χ1v) is 2.56. The van der Waals surface area contributed by atoms with E-state index in [1.165, 1.54) is 0 Å². The molecule has 0 bridgehead atoms. The summed E-state index contributed by atoms with van der Waals surface area (Å²) in [5, 5.41) is 9.76. The van der Waals surface area contributed by atoms with E-state index in [2.05, 4.69) is 12.2 Å². The van der Waals surface area contributed by atoms with Crippen LogP contribution in [0.3, 0.4) is 0 Å². The molecule has 0 spiro atoms. The van der Waals surface area contributed by atoms with E-state index >= 15 is 0 Å². The molecule has 0 heterocycles. The monoisotopic (exact) mass is 136 g/mol. The molecule has 0 aliphatic carbocycles. The third-order valence-electron chi connectivity index (χ3n) is 0.640. The molecule has 0 unspecified atom stereocenters. The van der Waals surface area contributed by atoms with Crippen molar-refractivity contribution in [2.45, 2.75) is 20.3 Å². The van der Waals surface area contributed by atoms with Gasteiger partial charge in [-0.15, -0.1) is 12.4 Å². The zero-order valence-corrected chi connectivity index (χ0v) is 6.14. The fourth-order valence-corrected chi connectivity index (χ4v) is 0.312. The van der Waals surface area contributed by atoms with E-state index in [1.54, 1.807) is 6.92 Å². The predicted molar refractivity (Wildman–Crippen MR) is 38.9 cm³/mol. The van der Waals surface area contributed by atoms with E-state index in [9.17, 15) is 0 Å². The summed E-state index contributed by atoms with van der Waals surface area (Å²) in [5.74, 6) is 0.557. The maximum atomic E-state index is 6.89. The Bertz CT molecular complexity index is 63.4. The van der Waals surface area contributed by atoms with Crippen molar-refractivity contribution in [3.63, 3.8) is 0 Å². The highest BCUT2D eigenvalue weighted by molar-refractivity contribution is 5.85. The van der Waals surface area contributed by atoms with Crippen molar-refractivity contribution in [1.29, 1.82) is 5.41 Å². The molecule has 0 aromatic rings. The molecule has 0 atom stereocenters. The maximum absolute atomic E-state index is 6.89. The molecule has 8 heavy (non-hydrogen) atoms. The molecular weight excluding hydrogens is 124 g/mol. The van der Waals surface area contributed by atoms with Crippen molar-refractivity contribution < 1.29 is 0 Å². The summed E-state index contributed by atoms with van der Waals surface area (Å²) in [5.41, 5.74) is 0. The second-order valence-electron chi connectivity index (χ2n) is 1.55. The zero-order chi connectivity index (χ0) is 5.70. The molecule has 0 saturated carbocycles. The van der Waals surface area contributed by atoms with Gasteiger partial charge in [0, 0.05) is 6.54 Å². The topological polar surface area (TPSA) is 35.9 Å². The van der Waals surface area contributed by atoms with Gasteiger partial charge in [-0.3, -0.25) is 5.41 Å². The molecule has 0 aliphatic rings. The quantitative estimate of drug-likeness (QED) is 0.437. The maximum Gasteiger partial charge on any atom is 0.0899 e. The molecular formula is C5H13ClN2. The highest BCUT2D eigenvalue weighted by Crippen LogP contribution is 1.68. The second kappa shape index (κ2) is 6.76. The van der Waals surface area contributed by atoms with Crippen LogP contribution in [0.4, 0.5) is 0 Å². The van der Waals surface area contributed by atoms with E-state index < -0.39 is 0 Å². The summed E-state index contributed by atoms with van der Waals surface area (Å²) < 4.78 is 0. The van der Waals surface area contributed by atoms with Gasteiger partial charge in [-0.05, 0) is 13.3 Å². The summed E-state index contributed by atoms with van der Waals surface area (Å²) in [4.78, 5) is 0. The van der Waals surface area contributed by atoms with Crippen molar-refractivity contribution in [3.05, 3.63) is 0 Å². The van der Waals surface area contributed by atoms with E-state index in [0.29, 0.717) is 5.84 Å². The van der Waals surface area contributed by atoms with Gasteiger partial charge >= 0.3 is 0 Å². The zero-order valence-electron chi connectivity index (χ0n) is 5.32. The molecule has 0 aliphatic heterocycles. The molecule has 0 amide bonds. The summed E-state index contributed by atoms with van der Waals surface area (Å²) in [7, 11) is 0. The van der Waals surface area contributed by atoms with Gasteiger partial charge in [0.25, 0.3) is 0 Å². The molecule has 0 aromatic heterocycles. The van der Waals surface area contributed by atoms with Gasteiger partial charge in [-0.2, -0.15) is 0 Å². The SMILES string of the molecule is CCCNC(C)=N.Cl. The minimum Gasteiger partial charge on any atom is -0.374 e. The lowest BCUT2D eigenvalue weighted by molar-refractivity contribution is 0.833. The molecule has 0 radical (unpaired) electrons. The number of hydrogen-bond acceptors (Lipinski definition) is 1. The Hall–Kier alpha value is -0.240. The van der Waals surface area contributed by atoms with Crippen molar-refractivity contribution in [1.82, 2.24) is 5.32 Å². The number of amidine groups is 1. The van der Waals surface area contributed by atoms with Crippen LogP contribution in [0.5, 0.6) is 0 Å². The van der Waals surface area contributed by atoms with Crippen LogP contribution in [0.1, 0.15) is 20.3 Å². The van der Waals surface area contributed by atoms with E-state index in [1.807, 2.05) is 0 Å². The Morgan fingerprint density at radius 1 is 1.62 bits per heavy atom. The lowest BCUT2D eigenvalue weighted by Gasteiger charge is -1.96. The van der Waals surface area contributed by atoms with Gasteiger partial charge < -0.3 is 5.32 Å². The van der Waals surface area contributed by atoms with Gasteiger partial charge in [0.05, 0.1) is 5.84 Å². The minimum absolute atomic E-state index is 0. The molecule has 50 valence electrons. The van der Waals surface area contributed by atoms with Crippen LogP contribution in [0.2, 0.25) is 0 Å². The fraction of sp³-hybridized carbons (Fsp3) is 0.800. The average Bonchev–Trinajstić information content (AvgIpc) is 1.61. The Morgan fingerprint density at radius 3 is 2.25 bits per heavy atom. The van der Waals surface area contributed by atoms with Crippen molar-refractivity contribution in [3.8, 4) is 0 Å². The smallest absolute Gasteiger partial charge is 0.0899 e. The standard InChI is InChI=1S/C5H12N2.ClH/c1-3-4-7-5(2)6;/h3-4H2,1-2H3,(H2,6,7);1H. The number of halogens is 1. The third kappa shape index (κ3) is 9.23. The van der Waals surface area contributed by atoms with E-state index in [4.69, 9.17) is 5.41 Å². The molecule has 3 heteroatoms. The molecule has 2 nitrogen and oxygen atoms in total. The second-order valence-corrected chi connectivity index (χ2v) is 1.55. The van der Waals surface area contributed by atoms with Crippen LogP contribution in [0.15, 0.2) is 0 Å². The lowest BCUT2D eigenvalue weighted by atomic mass is 10.5. The first-order chi connectivity index (χ1) is 3.27. The molecule has 2 N–H and O–H groups in total. The van der Waals surface area contributed by atoms with Gasteiger partial charge in [0.15, 0.2) is 0 Å². The van der Waals surface area contributed by atoms with Gasteiger partial charge in [0.2, 0.25) is 0 Å². The fourth-order valence-electron chi connectivity index (χ4n) is 0.312. The number of nitrogens with one attached hydrogen (secondary N) is 2. The molecule has 0 fully saturated rings. The highest BCUT2D eigenvalue weighted by atomic mass is 35.5. The normalized spacial score (nSPS) is 7.25. The van der Waals surface area contributed by atoms with Crippen LogP contribution < -0.4 is 5.32 Å².